The summed E-state index contributed by atoms with van der Waals surface area (Å²) in [5, 5.41) is 3.31. The number of thiophene rings is 1. The van der Waals surface area contributed by atoms with E-state index in [0.717, 1.165) is 36.3 Å². The first-order chi connectivity index (χ1) is 17.5. The maximum Gasteiger partial charge on any atom is 0.349 e. The summed E-state index contributed by atoms with van der Waals surface area (Å²) in [5.41, 5.74) is 0.672. The van der Waals surface area contributed by atoms with Crippen molar-refractivity contribution >= 4 is 39.2 Å². The Morgan fingerprint density at radius 2 is 1.67 bits per heavy atom. The fourth-order valence-electron chi connectivity index (χ4n) is 3.79. The molecule has 7 nitrogen and oxygen atoms in total. The molecule has 0 saturated heterocycles. The van der Waals surface area contributed by atoms with E-state index < -0.39 is 11.6 Å². The lowest BCUT2D eigenvalue weighted by Crippen LogP contribution is -2.07. The van der Waals surface area contributed by atoms with Gasteiger partial charge in [0.1, 0.15) is 26.6 Å². The minimum atomic E-state index is -0.546. The summed E-state index contributed by atoms with van der Waals surface area (Å²) in [7, 11) is 0. The Bertz CT molecular complexity index is 1350. The molecule has 4 rings (SSSR count). The van der Waals surface area contributed by atoms with Crippen LogP contribution in [0.1, 0.15) is 60.7 Å². The van der Waals surface area contributed by atoms with Crippen LogP contribution in [0.2, 0.25) is 0 Å². The van der Waals surface area contributed by atoms with Crippen LogP contribution in [0.25, 0.3) is 10.2 Å². The van der Waals surface area contributed by atoms with E-state index in [-0.39, 0.29) is 6.01 Å². The van der Waals surface area contributed by atoms with E-state index in [1.807, 2.05) is 30.3 Å². The third-order valence-electron chi connectivity index (χ3n) is 5.73. The average Bonchev–Trinajstić information content (AvgIpc) is 3.22. The molecule has 0 aliphatic rings. The van der Waals surface area contributed by atoms with Gasteiger partial charge in [-0.05, 0) is 55.3 Å². The van der Waals surface area contributed by atoms with Crippen molar-refractivity contribution in [1.29, 1.82) is 0 Å². The predicted octanol–water partition coefficient (Wildman–Crippen LogP) is 7.61. The molecule has 0 saturated carbocycles. The van der Waals surface area contributed by atoms with Crippen LogP contribution in [0.3, 0.4) is 0 Å². The number of hydrogen-bond donors (Lipinski definition) is 1. The van der Waals surface area contributed by atoms with Gasteiger partial charge in [0.15, 0.2) is 0 Å². The molecule has 0 amide bonds. The molecule has 36 heavy (non-hydrogen) atoms. The van der Waals surface area contributed by atoms with Gasteiger partial charge in [-0.25, -0.2) is 9.59 Å². The summed E-state index contributed by atoms with van der Waals surface area (Å²) in [6, 6.07) is 16.8. The first-order valence-corrected chi connectivity index (χ1v) is 13.1. The highest BCUT2D eigenvalue weighted by Gasteiger charge is 2.21. The van der Waals surface area contributed by atoms with Crippen LogP contribution in [-0.2, 0) is 4.74 Å². The molecule has 8 heteroatoms. The molecule has 0 radical (unpaired) electrons. The fraction of sp³-hybridized carbons (Fsp3) is 0.321. The highest BCUT2D eigenvalue weighted by atomic mass is 32.1. The first-order valence-electron chi connectivity index (χ1n) is 12.3. The van der Waals surface area contributed by atoms with Crippen molar-refractivity contribution < 1.29 is 18.7 Å². The number of para-hydroxylation sites is 1. The Kier molecular flexibility index (Phi) is 8.73. The summed E-state index contributed by atoms with van der Waals surface area (Å²) in [6.45, 7) is 4.28. The lowest BCUT2D eigenvalue weighted by molar-refractivity contribution is 0.0503. The van der Waals surface area contributed by atoms with E-state index in [0.29, 0.717) is 38.7 Å². The topological polar surface area (TPSA) is 90.7 Å². The molecule has 0 fully saturated rings. The van der Waals surface area contributed by atoms with Crippen LogP contribution in [-0.4, -0.2) is 17.6 Å². The maximum atomic E-state index is 12.7. The number of esters is 1. The van der Waals surface area contributed by atoms with Crippen molar-refractivity contribution in [3.05, 3.63) is 75.5 Å². The molecule has 0 aliphatic heterocycles. The number of hydrogen-bond acceptors (Lipinski definition) is 8. The van der Waals surface area contributed by atoms with E-state index >= 15 is 0 Å². The van der Waals surface area contributed by atoms with E-state index in [9.17, 15) is 9.59 Å². The van der Waals surface area contributed by atoms with Crippen LogP contribution >= 0.6 is 11.3 Å². The van der Waals surface area contributed by atoms with Gasteiger partial charge < -0.3 is 19.2 Å². The molecule has 0 atom stereocenters. The number of benzene rings is 2. The smallest absolute Gasteiger partial charge is 0.349 e. The van der Waals surface area contributed by atoms with Crippen molar-refractivity contribution in [2.24, 2.45) is 0 Å². The zero-order valence-electron chi connectivity index (χ0n) is 20.5. The summed E-state index contributed by atoms with van der Waals surface area (Å²) in [6.07, 6.45) is 6.68. The van der Waals surface area contributed by atoms with Crippen molar-refractivity contribution in [1.82, 2.24) is 4.98 Å². The molecular formula is C28H30N2O5S. The highest BCUT2D eigenvalue weighted by Crippen LogP contribution is 2.30. The normalized spacial score (nSPS) is 10.9. The van der Waals surface area contributed by atoms with Crippen LogP contribution in [0.4, 0.5) is 11.7 Å². The van der Waals surface area contributed by atoms with Crippen molar-refractivity contribution in [2.75, 3.05) is 11.9 Å². The molecular weight excluding hydrogens is 476 g/mol. The second-order valence-electron chi connectivity index (χ2n) is 8.51. The summed E-state index contributed by atoms with van der Waals surface area (Å²) in [5.74, 6) is 0.993. The second kappa shape index (κ2) is 12.4. The van der Waals surface area contributed by atoms with Gasteiger partial charge in [0.25, 0.3) is 0 Å². The number of anilines is 2. The number of nitrogens with one attached hydrogen (secondary N) is 1. The van der Waals surface area contributed by atoms with Gasteiger partial charge in [0, 0.05) is 5.69 Å². The SMILES string of the molecule is CCCCCCCCOC(=O)c1sc2nc(Nc3ccc(Oc4ccccc4)cc3)oc(=O)c2c1C. The zero-order chi connectivity index (χ0) is 25.3. The molecule has 0 spiro atoms. The Labute approximate surface area is 214 Å². The van der Waals surface area contributed by atoms with Crippen LogP contribution < -0.4 is 15.7 Å². The van der Waals surface area contributed by atoms with Crippen molar-refractivity contribution in [2.45, 2.75) is 52.4 Å². The lowest BCUT2D eigenvalue weighted by Gasteiger charge is -2.07. The molecule has 188 valence electrons. The van der Waals surface area contributed by atoms with Crippen molar-refractivity contribution in [3.63, 3.8) is 0 Å². The van der Waals surface area contributed by atoms with Gasteiger partial charge in [-0.3, -0.25) is 0 Å². The minimum absolute atomic E-state index is 0.0532. The van der Waals surface area contributed by atoms with Gasteiger partial charge in [-0.2, -0.15) is 4.98 Å². The second-order valence-corrected chi connectivity index (χ2v) is 9.51. The molecule has 1 N–H and O–H groups in total. The minimum Gasteiger partial charge on any atom is -0.462 e. The van der Waals surface area contributed by atoms with Gasteiger partial charge in [-0.1, -0.05) is 57.2 Å². The van der Waals surface area contributed by atoms with Crippen LogP contribution in [0.15, 0.2) is 63.8 Å². The molecule has 0 unspecified atom stereocenters. The number of ether oxygens (including phenoxy) is 2. The van der Waals surface area contributed by atoms with Crippen LogP contribution in [0.5, 0.6) is 11.5 Å². The number of carbonyl (C=O) groups is 1. The average molecular weight is 507 g/mol. The van der Waals surface area contributed by atoms with Gasteiger partial charge >= 0.3 is 17.6 Å². The first kappa shape index (κ1) is 25.4. The molecule has 4 aromatic rings. The van der Waals surface area contributed by atoms with E-state index in [1.54, 1.807) is 31.2 Å². The van der Waals surface area contributed by atoms with Gasteiger partial charge in [0.2, 0.25) is 0 Å². The number of unbranched alkanes of at least 4 members (excludes halogenated alkanes) is 5. The van der Waals surface area contributed by atoms with Gasteiger partial charge in [0.05, 0.1) is 6.61 Å². The molecule has 0 bridgehead atoms. The van der Waals surface area contributed by atoms with E-state index in [4.69, 9.17) is 13.9 Å². The molecule has 2 aromatic heterocycles. The van der Waals surface area contributed by atoms with Crippen molar-refractivity contribution in [3.8, 4) is 11.5 Å². The number of nitrogens with zero attached hydrogens (tertiary/aromatic N) is 1. The highest BCUT2D eigenvalue weighted by molar-refractivity contribution is 7.20. The largest absolute Gasteiger partial charge is 0.462 e. The predicted molar refractivity (Wildman–Crippen MR) is 143 cm³/mol. The number of fused-ring (bicyclic) bond motifs is 1. The van der Waals surface area contributed by atoms with Gasteiger partial charge in [-0.15, -0.1) is 11.3 Å². The standard InChI is InChI=1S/C28H30N2O5S/c1-3-4-5-6-7-11-18-33-27(32)24-19(2)23-25(36-24)30-28(35-26(23)31)29-20-14-16-22(17-15-20)34-21-12-9-8-10-13-21/h8-10,12-17H,3-7,11,18H2,1-2H3,(H,29,30). The molecule has 2 aromatic carbocycles. The third-order valence-corrected chi connectivity index (χ3v) is 6.89. The zero-order valence-corrected chi connectivity index (χ0v) is 21.4. The lowest BCUT2D eigenvalue weighted by atomic mass is 10.1. The Morgan fingerprint density at radius 3 is 2.42 bits per heavy atom. The Balaban J connectivity index is 1.40. The summed E-state index contributed by atoms with van der Waals surface area (Å²) >= 11 is 1.14. The molecule has 2 heterocycles. The monoisotopic (exact) mass is 506 g/mol. The summed E-state index contributed by atoms with van der Waals surface area (Å²) < 4.78 is 16.6. The number of rotatable bonds is 12. The number of aryl methyl sites for hydroxylation is 1. The van der Waals surface area contributed by atoms with E-state index in [2.05, 4.69) is 17.2 Å². The quantitative estimate of drug-likeness (QED) is 0.156. The Morgan fingerprint density at radius 1 is 0.972 bits per heavy atom. The maximum absolute atomic E-state index is 12.7. The molecule has 0 aliphatic carbocycles. The van der Waals surface area contributed by atoms with E-state index in [1.165, 1.54) is 19.3 Å². The number of carbonyl (C=O) groups excluding carboxylic acids is 1. The Hall–Kier alpha value is -3.65. The number of aromatic nitrogens is 1. The summed E-state index contributed by atoms with van der Waals surface area (Å²) in [4.78, 5) is 30.5. The third kappa shape index (κ3) is 6.51. The van der Waals surface area contributed by atoms with Crippen LogP contribution in [0, 0.1) is 6.92 Å². The fourth-order valence-corrected chi connectivity index (χ4v) is 4.84.